The van der Waals surface area contributed by atoms with Gasteiger partial charge in [0.1, 0.15) is 0 Å². The Hall–Kier alpha value is -2.71. The molecule has 0 bridgehead atoms. The quantitative estimate of drug-likeness (QED) is 0.487. The lowest BCUT2D eigenvalue weighted by Crippen LogP contribution is -2.19. The molecule has 1 rings (SSSR count). The van der Waals surface area contributed by atoms with Crippen LogP contribution in [-0.2, 0) is 19.1 Å². The number of aromatic nitrogens is 4. The number of rotatable bonds is 4. The molecule has 0 atom stereocenters. The smallest absolute Gasteiger partial charge is 0.372 e. The van der Waals surface area contributed by atoms with Gasteiger partial charge in [0.25, 0.3) is 0 Å². The molecule has 0 aliphatic heterocycles. The Bertz CT molecular complexity index is 507. The number of hydrogen-bond acceptors (Lipinski definition) is 7. The van der Waals surface area contributed by atoms with E-state index < -0.39 is 17.6 Å². The highest BCUT2D eigenvalue weighted by molar-refractivity contribution is 5.85. The third-order valence-electron chi connectivity index (χ3n) is 1.73. The van der Waals surface area contributed by atoms with Crippen LogP contribution in [0.25, 0.3) is 12.4 Å². The van der Waals surface area contributed by atoms with Crippen LogP contribution >= 0.6 is 0 Å². The molecule has 1 aromatic rings. The first-order chi connectivity index (χ1) is 8.58. The lowest BCUT2D eigenvalue weighted by molar-refractivity contribution is -0.135. The normalized spacial score (nSPS) is 11.0. The molecule has 9 heteroatoms. The van der Waals surface area contributed by atoms with Crippen LogP contribution in [0.5, 0.6) is 0 Å². The first-order valence-electron chi connectivity index (χ1n) is 4.64. The molecule has 9 nitrogen and oxygen atoms in total. The Morgan fingerprint density at radius 2 is 1.39 bits per heavy atom. The van der Waals surface area contributed by atoms with Crippen LogP contribution in [0.3, 0.4) is 0 Å². The summed E-state index contributed by atoms with van der Waals surface area (Å²) < 4.78 is 10.3. The summed E-state index contributed by atoms with van der Waals surface area (Å²) >= 11 is 0. The summed E-state index contributed by atoms with van der Waals surface area (Å²) in [6, 6.07) is 0. The van der Waals surface area contributed by atoms with Gasteiger partial charge in [0.2, 0.25) is 0 Å². The summed E-state index contributed by atoms with van der Waals surface area (Å²) in [6.45, 7) is 0. The van der Waals surface area contributed by atoms with Gasteiger partial charge in [-0.15, -0.1) is 0 Å². The molecule has 0 N–H and O–H groups in total. The maximum absolute atomic E-state index is 11.6. The van der Waals surface area contributed by atoms with E-state index in [2.05, 4.69) is 19.9 Å². The topological polar surface area (TPSA) is 105 Å². The SMILES string of the molecule is COC(=O)/C=C\n1nnn(/C=C/C(=O)OC)c1=O. The molecule has 0 fully saturated rings. The minimum atomic E-state index is -0.657. The predicted octanol–water partition coefficient (Wildman–Crippen LogP) is -1.27. The predicted molar refractivity (Wildman–Crippen MR) is 59.0 cm³/mol. The molecule has 0 radical (unpaired) electrons. The van der Waals surface area contributed by atoms with Crippen molar-refractivity contribution in [1.29, 1.82) is 0 Å². The fraction of sp³-hybridized carbons (Fsp3) is 0.222. The molecule has 1 heterocycles. The van der Waals surface area contributed by atoms with Gasteiger partial charge in [0.15, 0.2) is 0 Å². The Labute approximate surface area is 101 Å². The highest BCUT2D eigenvalue weighted by atomic mass is 16.5. The molecule has 0 saturated heterocycles. The monoisotopic (exact) mass is 254 g/mol. The highest BCUT2D eigenvalue weighted by Gasteiger charge is 2.02. The Morgan fingerprint density at radius 3 is 1.72 bits per heavy atom. The third kappa shape index (κ3) is 3.40. The van der Waals surface area contributed by atoms with Gasteiger partial charge < -0.3 is 9.47 Å². The number of nitrogens with zero attached hydrogens (tertiary/aromatic N) is 4. The van der Waals surface area contributed by atoms with E-state index in [1.165, 1.54) is 14.2 Å². The van der Waals surface area contributed by atoms with Gasteiger partial charge >= 0.3 is 17.6 Å². The van der Waals surface area contributed by atoms with Crippen LogP contribution in [0.4, 0.5) is 0 Å². The van der Waals surface area contributed by atoms with Crippen LogP contribution in [0.15, 0.2) is 16.9 Å². The molecule has 0 amide bonds. The second-order valence-corrected chi connectivity index (χ2v) is 2.83. The van der Waals surface area contributed by atoms with E-state index in [9.17, 15) is 14.4 Å². The zero-order valence-electron chi connectivity index (χ0n) is 9.64. The van der Waals surface area contributed by atoms with Crippen LogP contribution in [0.1, 0.15) is 0 Å². The zero-order valence-corrected chi connectivity index (χ0v) is 9.64. The fourth-order valence-electron chi connectivity index (χ4n) is 0.854. The number of tetrazole rings is 1. The minimum absolute atomic E-state index is 0.637. The summed E-state index contributed by atoms with van der Waals surface area (Å²) in [5.74, 6) is -1.27. The molecule has 0 aliphatic rings. The van der Waals surface area contributed by atoms with Gasteiger partial charge in [-0.2, -0.15) is 9.36 Å². The van der Waals surface area contributed by atoms with Crippen LogP contribution in [-0.4, -0.2) is 45.9 Å². The van der Waals surface area contributed by atoms with Crippen LogP contribution < -0.4 is 5.69 Å². The van der Waals surface area contributed by atoms with E-state index in [0.29, 0.717) is 0 Å². The average Bonchev–Trinajstić information content (AvgIpc) is 2.74. The minimum Gasteiger partial charge on any atom is -0.466 e. The molecule has 18 heavy (non-hydrogen) atoms. The Kier molecular flexibility index (Phi) is 4.55. The summed E-state index contributed by atoms with van der Waals surface area (Å²) in [7, 11) is 2.40. The van der Waals surface area contributed by atoms with E-state index in [-0.39, 0.29) is 0 Å². The van der Waals surface area contributed by atoms with Gasteiger partial charge in [-0.05, 0) is 10.4 Å². The molecule has 0 spiro atoms. The largest absolute Gasteiger partial charge is 0.466 e. The van der Waals surface area contributed by atoms with Gasteiger partial charge in [0.05, 0.1) is 14.2 Å². The number of hydrogen-bond donors (Lipinski definition) is 0. The van der Waals surface area contributed by atoms with E-state index in [4.69, 9.17) is 0 Å². The number of carbonyl (C=O) groups is 2. The van der Waals surface area contributed by atoms with Crippen molar-refractivity contribution >= 4 is 24.3 Å². The Morgan fingerprint density at radius 1 is 1.00 bits per heavy atom. The second-order valence-electron chi connectivity index (χ2n) is 2.83. The van der Waals surface area contributed by atoms with Crippen molar-refractivity contribution in [1.82, 2.24) is 19.8 Å². The van der Waals surface area contributed by atoms with E-state index in [1.807, 2.05) is 0 Å². The molecule has 1 aromatic heterocycles. The van der Waals surface area contributed by atoms with Crippen molar-refractivity contribution in [3.8, 4) is 0 Å². The van der Waals surface area contributed by atoms with Crippen LogP contribution in [0.2, 0.25) is 0 Å². The van der Waals surface area contributed by atoms with E-state index in [0.717, 1.165) is 33.9 Å². The molecular formula is C9H10N4O5. The van der Waals surface area contributed by atoms with Gasteiger partial charge in [-0.25, -0.2) is 14.4 Å². The second kappa shape index (κ2) is 6.13. The van der Waals surface area contributed by atoms with Gasteiger partial charge in [0, 0.05) is 24.6 Å². The summed E-state index contributed by atoms with van der Waals surface area (Å²) in [4.78, 5) is 33.2. The molecule has 96 valence electrons. The summed E-state index contributed by atoms with van der Waals surface area (Å²) in [5, 5.41) is 6.89. The number of esters is 2. The van der Waals surface area contributed by atoms with Crippen molar-refractivity contribution < 1.29 is 19.1 Å². The number of methoxy groups -OCH3 is 2. The van der Waals surface area contributed by atoms with Crippen molar-refractivity contribution in [2.45, 2.75) is 0 Å². The average molecular weight is 254 g/mol. The lowest BCUT2D eigenvalue weighted by Gasteiger charge is -1.89. The molecule has 0 aliphatic carbocycles. The maximum Gasteiger partial charge on any atom is 0.372 e. The standard InChI is InChI=1S/C9H10N4O5/c1-17-7(14)3-5-12-9(16)13(11-10-12)6-4-8(15)18-2/h3-6H,1-2H3/b5-3-,6-4+. The molecule has 0 aromatic carbocycles. The first-order valence-corrected chi connectivity index (χ1v) is 4.64. The number of carbonyl (C=O) groups excluding carboxylic acids is 2. The van der Waals surface area contributed by atoms with E-state index >= 15 is 0 Å². The molecule has 0 unspecified atom stereocenters. The van der Waals surface area contributed by atoms with Crippen molar-refractivity contribution in [2.75, 3.05) is 14.2 Å². The van der Waals surface area contributed by atoms with E-state index in [1.54, 1.807) is 0 Å². The fourth-order valence-corrected chi connectivity index (χ4v) is 0.854. The molecular weight excluding hydrogens is 244 g/mol. The Balaban J connectivity index is 2.88. The third-order valence-corrected chi connectivity index (χ3v) is 1.73. The molecule has 0 saturated carbocycles. The maximum atomic E-state index is 11.6. The summed E-state index contributed by atoms with van der Waals surface area (Å²) in [5.41, 5.74) is -0.657. The highest BCUT2D eigenvalue weighted by Crippen LogP contribution is 1.84. The van der Waals surface area contributed by atoms with Gasteiger partial charge in [-0.1, -0.05) is 0 Å². The lowest BCUT2D eigenvalue weighted by atomic mass is 10.6. The van der Waals surface area contributed by atoms with Crippen molar-refractivity contribution in [2.24, 2.45) is 0 Å². The van der Waals surface area contributed by atoms with Crippen LogP contribution in [0, 0.1) is 0 Å². The summed E-state index contributed by atoms with van der Waals surface area (Å²) in [6.07, 6.45) is 4.18. The number of ether oxygens (including phenoxy) is 2. The first kappa shape index (κ1) is 13.4. The zero-order chi connectivity index (χ0) is 13.5. The van der Waals surface area contributed by atoms with Gasteiger partial charge in [-0.3, -0.25) is 0 Å². The van der Waals surface area contributed by atoms with Crippen molar-refractivity contribution in [3.05, 3.63) is 22.6 Å². The van der Waals surface area contributed by atoms with Crippen molar-refractivity contribution in [3.63, 3.8) is 0 Å².